The molecule has 1 atom stereocenters. The van der Waals surface area contributed by atoms with Gasteiger partial charge in [-0.15, -0.1) is 0 Å². The van der Waals surface area contributed by atoms with Crippen LogP contribution < -0.4 is 10.1 Å². The number of hydrogen-bond donors (Lipinski definition) is 1. The average Bonchev–Trinajstić information content (AvgIpc) is 3.10. The number of benzene rings is 1. The van der Waals surface area contributed by atoms with Gasteiger partial charge in [-0.2, -0.15) is 0 Å². The molecule has 0 radical (unpaired) electrons. The lowest BCUT2D eigenvalue weighted by atomic mass is 10.1. The van der Waals surface area contributed by atoms with Crippen LogP contribution >= 0.6 is 11.6 Å². The Morgan fingerprint density at radius 1 is 1.50 bits per heavy atom. The highest BCUT2D eigenvalue weighted by Gasteiger charge is 2.30. The lowest BCUT2D eigenvalue weighted by Crippen LogP contribution is -2.20. The van der Waals surface area contributed by atoms with Crippen LogP contribution in [0, 0.1) is 5.92 Å². The van der Waals surface area contributed by atoms with Crippen molar-refractivity contribution in [3.05, 3.63) is 23.2 Å². The van der Waals surface area contributed by atoms with Crippen molar-refractivity contribution in [3.8, 4) is 5.75 Å². The topological polar surface area (TPSA) is 21.3 Å². The van der Waals surface area contributed by atoms with Crippen molar-refractivity contribution in [1.82, 2.24) is 0 Å². The summed E-state index contributed by atoms with van der Waals surface area (Å²) in [6, 6.07) is 6.24. The van der Waals surface area contributed by atoms with Crippen LogP contribution in [0.15, 0.2) is 18.2 Å². The number of methoxy groups -OCH3 is 1. The number of ether oxygens (including phenoxy) is 1. The van der Waals surface area contributed by atoms with Gasteiger partial charge in [-0.1, -0.05) is 18.5 Å². The molecular formula is C13H18ClNO. The molecule has 1 fully saturated rings. The van der Waals surface area contributed by atoms with Crippen LogP contribution in [0.4, 0.5) is 5.69 Å². The summed E-state index contributed by atoms with van der Waals surface area (Å²) in [5.74, 6) is 1.69. The zero-order valence-corrected chi connectivity index (χ0v) is 10.6. The Balaban J connectivity index is 2.14. The molecule has 16 heavy (non-hydrogen) atoms. The van der Waals surface area contributed by atoms with E-state index in [0.717, 1.165) is 28.8 Å². The van der Waals surface area contributed by atoms with Crippen LogP contribution in [0.5, 0.6) is 5.75 Å². The molecule has 0 bridgehead atoms. The molecule has 1 aliphatic carbocycles. The Morgan fingerprint density at radius 2 is 2.25 bits per heavy atom. The number of hydrogen-bond acceptors (Lipinski definition) is 2. The predicted octanol–water partition coefficient (Wildman–Crippen LogP) is 3.95. The lowest BCUT2D eigenvalue weighted by molar-refractivity contribution is 0.415. The van der Waals surface area contributed by atoms with Crippen molar-refractivity contribution in [2.45, 2.75) is 32.2 Å². The first-order valence-corrected chi connectivity index (χ1v) is 6.22. The van der Waals surface area contributed by atoms with Crippen LogP contribution in [0.25, 0.3) is 0 Å². The summed E-state index contributed by atoms with van der Waals surface area (Å²) in [7, 11) is 1.69. The number of nitrogens with one attached hydrogen (secondary N) is 1. The normalized spacial score (nSPS) is 16.9. The van der Waals surface area contributed by atoms with E-state index in [9.17, 15) is 0 Å². The molecule has 2 rings (SSSR count). The molecule has 0 spiro atoms. The van der Waals surface area contributed by atoms with Gasteiger partial charge in [-0.05, 0) is 43.4 Å². The largest absolute Gasteiger partial charge is 0.495 e. The van der Waals surface area contributed by atoms with E-state index in [4.69, 9.17) is 16.3 Å². The van der Waals surface area contributed by atoms with Gasteiger partial charge in [-0.25, -0.2) is 0 Å². The van der Waals surface area contributed by atoms with Crippen molar-refractivity contribution in [2.24, 2.45) is 5.92 Å². The third kappa shape index (κ3) is 2.62. The Morgan fingerprint density at radius 3 is 2.81 bits per heavy atom. The van der Waals surface area contributed by atoms with Gasteiger partial charge in [-0.3, -0.25) is 0 Å². The molecule has 1 N–H and O–H groups in total. The minimum Gasteiger partial charge on any atom is -0.495 e. The fourth-order valence-electron chi connectivity index (χ4n) is 2.04. The molecule has 1 unspecified atom stereocenters. The first kappa shape index (κ1) is 11.6. The van der Waals surface area contributed by atoms with Gasteiger partial charge in [0.05, 0.1) is 12.8 Å². The van der Waals surface area contributed by atoms with E-state index in [1.807, 2.05) is 18.2 Å². The van der Waals surface area contributed by atoms with Crippen molar-refractivity contribution in [1.29, 1.82) is 0 Å². The van der Waals surface area contributed by atoms with Gasteiger partial charge in [0.1, 0.15) is 5.75 Å². The molecule has 0 amide bonds. The molecule has 0 heterocycles. The highest BCUT2D eigenvalue weighted by Crippen LogP contribution is 2.37. The van der Waals surface area contributed by atoms with E-state index in [0.29, 0.717) is 6.04 Å². The Labute approximate surface area is 102 Å². The minimum absolute atomic E-state index is 0.548. The first-order chi connectivity index (χ1) is 7.74. The Hall–Kier alpha value is -0.890. The fourth-order valence-corrected chi connectivity index (χ4v) is 2.22. The SMILES string of the molecule is CCC(Nc1cc(Cl)ccc1OC)C1CC1. The lowest BCUT2D eigenvalue weighted by Gasteiger charge is -2.19. The molecular weight excluding hydrogens is 222 g/mol. The van der Waals surface area contributed by atoms with E-state index < -0.39 is 0 Å². The van der Waals surface area contributed by atoms with Gasteiger partial charge >= 0.3 is 0 Å². The minimum atomic E-state index is 0.548. The molecule has 1 saturated carbocycles. The maximum absolute atomic E-state index is 6.00. The molecule has 0 aromatic heterocycles. The molecule has 1 aliphatic rings. The van der Waals surface area contributed by atoms with Crippen LogP contribution in [-0.2, 0) is 0 Å². The fraction of sp³-hybridized carbons (Fsp3) is 0.538. The van der Waals surface area contributed by atoms with Crippen LogP contribution in [0.1, 0.15) is 26.2 Å². The van der Waals surface area contributed by atoms with E-state index in [1.54, 1.807) is 7.11 Å². The maximum Gasteiger partial charge on any atom is 0.142 e. The number of halogens is 1. The summed E-state index contributed by atoms with van der Waals surface area (Å²) < 4.78 is 5.32. The van der Waals surface area contributed by atoms with Crippen molar-refractivity contribution >= 4 is 17.3 Å². The molecule has 1 aromatic carbocycles. The summed E-state index contributed by atoms with van der Waals surface area (Å²) in [4.78, 5) is 0. The van der Waals surface area contributed by atoms with E-state index in [1.165, 1.54) is 12.8 Å². The van der Waals surface area contributed by atoms with Gasteiger partial charge < -0.3 is 10.1 Å². The van der Waals surface area contributed by atoms with Crippen molar-refractivity contribution < 1.29 is 4.74 Å². The molecule has 88 valence electrons. The first-order valence-electron chi connectivity index (χ1n) is 5.84. The van der Waals surface area contributed by atoms with Gasteiger partial charge in [0.15, 0.2) is 0 Å². The molecule has 3 heteroatoms. The standard InChI is InChI=1S/C13H18ClNO/c1-3-11(9-4-5-9)15-12-8-10(14)6-7-13(12)16-2/h6-9,11,15H,3-5H2,1-2H3. The van der Waals surface area contributed by atoms with E-state index in [-0.39, 0.29) is 0 Å². The molecule has 2 nitrogen and oxygen atoms in total. The van der Waals surface area contributed by atoms with Crippen LogP contribution in [0.3, 0.4) is 0 Å². The van der Waals surface area contributed by atoms with Crippen LogP contribution in [-0.4, -0.2) is 13.2 Å². The summed E-state index contributed by atoms with van der Waals surface area (Å²) in [6.45, 7) is 2.22. The summed E-state index contributed by atoms with van der Waals surface area (Å²) in [6.07, 6.45) is 3.82. The quantitative estimate of drug-likeness (QED) is 0.840. The Bertz CT molecular complexity index is 363. The van der Waals surface area contributed by atoms with Gasteiger partial charge in [0, 0.05) is 11.1 Å². The van der Waals surface area contributed by atoms with Crippen molar-refractivity contribution in [2.75, 3.05) is 12.4 Å². The zero-order chi connectivity index (χ0) is 11.5. The Kier molecular flexibility index (Phi) is 3.59. The number of rotatable bonds is 5. The average molecular weight is 240 g/mol. The third-order valence-electron chi connectivity index (χ3n) is 3.13. The third-order valence-corrected chi connectivity index (χ3v) is 3.37. The predicted molar refractivity (Wildman–Crippen MR) is 68.4 cm³/mol. The molecule has 0 aliphatic heterocycles. The maximum atomic E-state index is 6.00. The highest BCUT2D eigenvalue weighted by atomic mass is 35.5. The monoisotopic (exact) mass is 239 g/mol. The van der Waals surface area contributed by atoms with Crippen molar-refractivity contribution in [3.63, 3.8) is 0 Å². The highest BCUT2D eigenvalue weighted by molar-refractivity contribution is 6.30. The zero-order valence-electron chi connectivity index (χ0n) is 9.79. The van der Waals surface area contributed by atoms with E-state index >= 15 is 0 Å². The second kappa shape index (κ2) is 4.96. The van der Waals surface area contributed by atoms with Gasteiger partial charge in [0.2, 0.25) is 0 Å². The van der Waals surface area contributed by atoms with Gasteiger partial charge in [0.25, 0.3) is 0 Å². The summed E-state index contributed by atoms with van der Waals surface area (Å²) in [5, 5.41) is 4.29. The smallest absolute Gasteiger partial charge is 0.142 e. The second-order valence-electron chi connectivity index (χ2n) is 4.34. The second-order valence-corrected chi connectivity index (χ2v) is 4.78. The van der Waals surface area contributed by atoms with E-state index in [2.05, 4.69) is 12.2 Å². The number of anilines is 1. The summed E-state index contributed by atoms with van der Waals surface area (Å²) >= 11 is 6.00. The molecule has 1 aromatic rings. The van der Waals surface area contributed by atoms with Crippen LogP contribution in [0.2, 0.25) is 5.02 Å². The summed E-state index contributed by atoms with van der Waals surface area (Å²) in [5.41, 5.74) is 1.01. The molecule has 0 saturated heterocycles.